The van der Waals surface area contributed by atoms with E-state index in [4.69, 9.17) is 0 Å². The second kappa shape index (κ2) is 7.35. The lowest BCUT2D eigenvalue weighted by molar-refractivity contribution is -0.128. The summed E-state index contributed by atoms with van der Waals surface area (Å²) in [6.07, 6.45) is 2.23. The quantitative estimate of drug-likeness (QED) is 0.795. The number of para-hydroxylation sites is 1. The molecule has 128 valence electrons. The Morgan fingerprint density at radius 3 is 2.58 bits per heavy atom. The molecule has 0 bridgehead atoms. The Kier molecular flexibility index (Phi) is 5.45. The van der Waals surface area contributed by atoms with Crippen molar-refractivity contribution >= 4 is 17.5 Å². The number of benzene rings is 1. The Labute approximate surface area is 142 Å². The lowest BCUT2D eigenvalue weighted by Crippen LogP contribution is -2.48. The molecule has 0 spiro atoms. The summed E-state index contributed by atoms with van der Waals surface area (Å²) < 4.78 is 0. The first-order valence-corrected chi connectivity index (χ1v) is 8.10. The van der Waals surface area contributed by atoms with Crippen molar-refractivity contribution in [3.05, 3.63) is 29.8 Å². The zero-order valence-electron chi connectivity index (χ0n) is 14.4. The fourth-order valence-corrected chi connectivity index (χ4v) is 2.56. The topological polar surface area (TPSA) is 85.2 Å². The third kappa shape index (κ3) is 4.48. The van der Waals surface area contributed by atoms with E-state index in [2.05, 4.69) is 16.7 Å². The maximum Gasteiger partial charge on any atom is 0.240 e. The molecule has 6 nitrogen and oxygen atoms in total. The normalized spacial score (nSPS) is 15.8. The molecule has 0 aromatic heterocycles. The first-order chi connectivity index (χ1) is 11.4. The summed E-state index contributed by atoms with van der Waals surface area (Å²) in [6, 6.07) is 9.64. The van der Waals surface area contributed by atoms with Crippen molar-refractivity contribution in [1.29, 1.82) is 5.26 Å². The van der Waals surface area contributed by atoms with Gasteiger partial charge in [0.25, 0.3) is 0 Å². The number of carbonyl (C=O) groups is 2. The Hall–Kier alpha value is -2.55. The number of carbonyl (C=O) groups excluding carboxylic acids is 2. The van der Waals surface area contributed by atoms with Crippen molar-refractivity contribution in [3.8, 4) is 6.07 Å². The smallest absolute Gasteiger partial charge is 0.240 e. The van der Waals surface area contributed by atoms with E-state index in [0.29, 0.717) is 0 Å². The highest BCUT2D eigenvalue weighted by Crippen LogP contribution is 2.39. The summed E-state index contributed by atoms with van der Waals surface area (Å²) in [4.78, 5) is 25.6. The molecular formula is C18H24N4O2. The summed E-state index contributed by atoms with van der Waals surface area (Å²) >= 11 is 0. The van der Waals surface area contributed by atoms with Gasteiger partial charge in [0, 0.05) is 19.8 Å². The number of likely N-dealkylation sites (N-methyl/N-ethyl adjacent to an activating group) is 1. The van der Waals surface area contributed by atoms with E-state index in [1.54, 1.807) is 21.0 Å². The van der Waals surface area contributed by atoms with Gasteiger partial charge in [0.15, 0.2) is 0 Å². The van der Waals surface area contributed by atoms with E-state index < -0.39 is 5.54 Å². The molecule has 1 unspecified atom stereocenters. The molecule has 2 N–H and O–H groups in total. The van der Waals surface area contributed by atoms with Crippen LogP contribution in [0.25, 0.3) is 0 Å². The zero-order valence-corrected chi connectivity index (χ0v) is 14.4. The van der Waals surface area contributed by atoms with Crippen LogP contribution in [0.15, 0.2) is 24.3 Å². The van der Waals surface area contributed by atoms with Crippen molar-refractivity contribution in [2.75, 3.05) is 26.0 Å². The molecule has 0 heterocycles. The van der Waals surface area contributed by atoms with Gasteiger partial charge in [-0.2, -0.15) is 5.26 Å². The minimum Gasteiger partial charge on any atom is -0.376 e. The number of amides is 2. The summed E-state index contributed by atoms with van der Waals surface area (Å²) in [5.41, 5.74) is 0.807. The van der Waals surface area contributed by atoms with Crippen LogP contribution >= 0.6 is 0 Å². The first kappa shape index (κ1) is 17.8. The summed E-state index contributed by atoms with van der Waals surface area (Å²) in [5, 5.41) is 15.2. The van der Waals surface area contributed by atoms with Gasteiger partial charge in [-0.25, -0.2) is 0 Å². The van der Waals surface area contributed by atoms with Crippen molar-refractivity contribution < 1.29 is 9.59 Å². The molecule has 1 fully saturated rings. The molecule has 1 saturated carbocycles. The van der Waals surface area contributed by atoms with Crippen molar-refractivity contribution in [3.63, 3.8) is 0 Å². The fourth-order valence-electron chi connectivity index (χ4n) is 2.56. The van der Waals surface area contributed by atoms with Crippen molar-refractivity contribution in [2.45, 2.75) is 31.7 Å². The van der Waals surface area contributed by atoms with E-state index in [0.717, 1.165) is 24.1 Å². The van der Waals surface area contributed by atoms with Crippen LogP contribution in [0.4, 0.5) is 5.69 Å². The van der Waals surface area contributed by atoms with Crippen LogP contribution in [0.3, 0.4) is 0 Å². The number of anilines is 1. The number of nitrogens with one attached hydrogen (secondary N) is 2. The fraction of sp³-hybridized carbons (Fsp3) is 0.500. The second-order valence-electron chi connectivity index (χ2n) is 6.61. The van der Waals surface area contributed by atoms with E-state index >= 15 is 0 Å². The number of rotatable bonds is 7. The van der Waals surface area contributed by atoms with Crippen LogP contribution in [-0.4, -0.2) is 42.9 Å². The van der Waals surface area contributed by atoms with Gasteiger partial charge in [0.2, 0.25) is 11.8 Å². The second-order valence-corrected chi connectivity index (χ2v) is 6.61. The lowest BCUT2D eigenvalue weighted by atomic mass is 9.98. The highest BCUT2D eigenvalue weighted by atomic mass is 16.2. The van der Waals surface area contributed by atoms with Gasteiger partial charge in [-0.3, -0.25) is 9.59 Å². The zero-order chi connectivity index (χ0) is 17.7. The Balaban J connectivity index is 1.95. The highest BCUT2D eigenvalue weighted by molar-refractivity contribution is 5.83. The maximum absolute atomic E-state index is 12.2. The minimum absolute atomic E-state index is 0.000472. The van der Waals surface area contributed by atoms with Crippen molar-refractivity contribution in [2.24, 2.45) is 5.92 Å². The van der Waals surface area contributed by atoms with Gasteiger partial charge < -0.3 is 15.5 Å². The Bertz CT molecular complexity index is 661. The van der Waals surface area contributed by atoms with Gasteiger partial charge in [-0.15, -0.1) is 0 Å². The molecule has 1 atom stereocenters. The standard InChI is InChI=1S/C18H24N4O2/c1-18(12-19,14-8-9-14)21-16(23)11-20-15-7-5-4-6-13(15)10-17(24)22(2)3/h4-7,14,20H,8-11H2,1-3H3,(H,21,23). The summed E-state index contributed by atoms with van der Waals surface area (Å²) in [7, 11) is 3.43. The Morgan fingerprint density at radius 2 is 2.00 bits per heavy atom. The molecule has 0 radical (unpaired) electrons. The van der Waals surface area contributed by atoms with Crippen LogP contribution in [0.1, 0.15) is 25.3 Å². The summed E-state index contributed by atoms with van der Waals surface area (Å²) in [5.74, 6) is 0.0237. The third-order valence-electron chi connectivity index (χ3n) is 4.32. The first-order valence-electron chi connectivity index (χ1n) is 8.10. The minimum atomic E-state index is -0.792. The van der Waals surface area contributed by atoms with E-state index in [1.807, 2.05) is 24.3 Å². The third-order valence-corrected chi connectivity index (χ3v) is 4.32. The summed E-state index contributed by atoms with van der Waals surface area (Å²) in [6.45, 7) is 1.84. The average molecular weight is 328 g/mol. The molecule has 0 aliphatic heterocycles. The number of hydrogen-bond acceptors (Lipinski definition) is 4. The molecule has 1 aromatic rings. The molecule has 6 heteroatoms. The van der Waals surface area contributed by atoms with Gasteiger partial charge in [0.1, 0.15) is 5.54 Å². The predicted molar refractivity (Wildman–Crippen MR) is 92.2 cm³/mol. The van der Waals surface area contributed by atoms with E-state index in [-0.39, 0.29) is 30.7 Å². The van der Waals surface area contributed by atoms with Gasteiger partial charge in [-0.05, 0) is 37.3 Å². The largest absolute Gasteiger partial charge is 0.376 e. The van der Waals surface area contributed by atoms with Gasteiger partial charge in [-0.1, -0.05) is 18.2 Å². The number of nitriles is 1. The highest BCUT2D eigenvalue weighted by Gasteiger charge is 2.42. The average Bonchev–Trinajstić information content (AvgIpc) is 3.39. The monoisotopic (exact) mass is 328 g/mol. The lowest BCUT2D eigenvalue weighted by Gasteiger charge is -2.23. The number of hydrogen-bond donors (Lipinski definition) is 2. The van der Waals surface area contributed by atoms with E-state index in [9.17, 15) is 14.9 Å². The van der Waals surface area contributed by atoms with Crippen LogP contribution in [0, 0.1) is 17.2 Å². The van der Waals surface area contributed by atoms with Crippen LogP contribution in [0.5, 0.6) is 0 Å². The molecular weight excluding hydrogens is 304 g/mol. The predicted octanol–water partition coefficient (Wildman–Crippen LogP) is 1.54. The SMILES string of the molecule is CN(C)C(=O)Cc1ccccc1NCC(=O)NC(C)(C#N)C1CC1. The molecule has 0 saturated heterocycles. The molecule has 1 aliphatic rings. The Morgan fingerprint density at radius 1 is 1.33 bits per heavy atom. The maximum atomic E-state index is 12.2. The molecule has 24 heavy (non-hydrogen) atoms. The molecule has 2 rings (SSSR count). The number of nitrogens with zero attached hydrogens (tertiary/aromatic N) is 2. The molecule has 1 aromatic carbocycles. The van der Waals surface area contributed by atoms with Crippen LogP contribution in [0.2, 0.25) is 0 Å². The van der Waals surface area contributed by atoms with Gasteiger partial charge >= 0.3 is 0 Å². The van der Waals surface area contributed by atoms with Crippen LogP contribution in [-0.2, 0) is 16.0 Å². The molecule has 1 aliphatic carbocycles. The van der Waals surface area contributed by atoms with E-state index in [1.165, 1.54) is 4.90 Å². The molecule has 2 amide bonds. The van der Waals surface area contributed by atoms with Crippen molar-refractivity contribution in [1.82, 2.24) is 10.2 Å². The van der Waals surface area contributed by atoms with Crippen LogP contribution < -0.4 is 10.6 Å². The van der Waals surface area contributed by atoms with Gasteiger partial charge in [0.05, 0.1) is 19.0 Å².